The number of anilines is 1. The number of rotatable bonds is 11. The number of carbonyl (C=O) groups excluding carboxylic acids is 2. The van der Waals surface area contributed by atoms with Crippen LogP contribution < -0.4 is 14.8 Å². The smallest absolute Gasteiger partial charge is 0.323 e. The van der Waals surface area contributed by atoms with Gasteiger partial charge in [-0.25, -0.2) is 0 Å². The third kappa shape index (κ3) is 7.88. The number of nitrogens with one attached hydrogen (secondary N) is 1. The number of nitrogens with zero attached hydrogens (tertiary/aromatic N) is 1. The summed E-state index contributed by atoms with van der Waals surface area (Å²) >= 11 is 6.21. The molecule has 0 aliphatic carbocycles. The largest absolute Gasteiger partial charge is 0.489 e. The van der Waals surface area contributed by atoms with E-state index in [1.54, 1.807) is 54.6 Å². The molecule has 4 aromatic rings. The van der Waals surface area contributed by atoms with Gasteiger partial charge in [0.25, 0.3) is 11.8 Å². The number of hydrogen-bond donors (Lipinski definition) is 2. The summed E-state index contributed by atoms with van der Waals surface area (Å²) in [5.41, 5.74) is 2.92. The van der Waals surface area contributed by atoms with Gasteiger partial charge in [0.05, 0.1) is 4.91 Å². The maximum absolute atomic E-state index is 13.5. The molecule has 1 saturated heterocycles. The predicted octanol–water partition coefficient (Wildman–Crippen LogP) is 6.31. The fraction of sp³-hybridized carbons (Fsp3) is 0.0909. The van der Waals surface area contributed by atoms with Crippen molar-refractivity contribution in [3.8, 4) is 11.5 Å². The Hall–Kier alpha value is -4.93. The number of carbonyl (C=O) groups is 3. The molecule has 1 aliphatic heterocycles. The molecule has 5 rings (SSSR count). The average molecular weight is 611 g/mol. The third-order valence-electron chi connectivity index (χ3n) is 6.29. The van der Waals surface area contributed by atoms with E-state index < -0.39 is 24.5 Å². The van der Waals surface area contributed by atoms with Crippen LogP contribution in [-0.4, -0.2) is 38.7 Å². The van der Waals surface area contributed by atoms with Crippen molar-refractivity contribution in [2.24, 2.45) is 0 Å². The lowest BCUT2D eigenvalue weighted by Crippen LogP contribution is -2.33. The number of thioether (sulfide) groups is 1. The van der Waals surface area contributed by atoms with Crippen molar-refractivity contribution in [2.45, 2.75) is 12.7 Å². The highest BCUT2D eigenvalue weighted by molar-refractivity contribution is 8.26. The van der Waals surface area contributed by atoms with E-state index in [1.165, 1.54) is 0 Å². The highest BCUT2D eigenvalue weighted by Gasteiger charge is 2.33. The van der Waals surface area contributed by atoms with Gasteiger partial charge in [-0.2, -0.15) is 0 Å². The molecule has 1 heterocycles. The predicted molar refractivity (Wildman–Crippen MR) is 170 cm³/mol. The summed E-state index contributed by atoms with van der Waals surface area (Å²) in [6.07, 6.45) is 0.645. The van der Waals surface area contributed by atoms with Crippen LogP contribution in [0.3, 0.4) is 0 Å². The topological polar surface area (TPSA) is 105 Å². The van der Waals surface area contributed by atoms with Crippen molar-refractivity contribution in [3.05, 3.63) is 131 Å². The Balaban J connectivity index is 1.29. The number of carboxylic acid groups (broad SMARTS) is 1. The molecule has 10 heteroatoms. The van der Waals surface area contributed by atoms with Crippen molar-refractivity contribution < 1.29 is 29.0 Å². The molecule has 2 N–H and O–H groups in total. The molecule has 2 amide bonds. The second kappa shape index (κ2) is 13.8. The average Bonchev–Trinajstić information content (AvgIpc) is 3.27. The normalized spacial score (nSPS) is 14.4. The summed E-state index contributed by atoms with van der Waals surface area (Å²) in [6, 6.07) is 33.0. The summed E-state index contributed by atoms with van der Waals surface area (Å²) < 4.78 is 12.2. The van der Waals surface area contributed by atoms with Crippen LogP contribution in [0.4, 0.5) is 5.69 Å². The standard InChI is InChI=1S/C33H26N2O6S2/c36-29(37)20-35-32(39)28(43-33(35)42)19-23-10-7-13-27(18-23)41-30(24-11-5-2-6-12-24)31(38)34-25-14-16-26(17-15-25)40-21-22-8-3-1-4-9-22/h1-19,30H,20-21H2,(H,34,38)(H,36,37). The molecule has 0 saturated carbocycles. The fourth-order valence-electron chi connectivity index (χ4n) is 4.22. The first kappa shape index (κ1) is 29.6. The highest BCUT2D eigenvalue weighted by Crippen LogP contribution is 2.33. The molecule has 1 fully saturated rings. The van der Waals surface area contributed by atoms with Crippen molar-refractivity contribution in [2.75, 3.05) is 11.9 Å². The van der Waals surface area contributed by atoms with Gasteiger partial charge >= 0.3 is 5.97 Å². The van der Waals surface area contributed by atoms with Crippen LogP contribution in [0.2, 0.25) is 0 Å². The first-order valence-electron chi connectivity index (χ1n) is 13.2. The van der Waals surface area contributed by atoms with Gasteiger partial charge in [-0.15, -0.1) is 0 Å². The Bertz CT molecular complexity index is 1660. The number of ether oxygens (including phenoxy) is 2. The zero-order valence-corrected chi connectivity index (χ0v) is 24.3. The van der Waals surface area contributed by atoms with Crippen LogP contribution in [0, 0.1) is 0 Å². The summed E-state index contributed by atoms with van der Waals surface area (Å²) in [4.78, 5) is 38.6. The van der Waals surface area contributed by atoms with Crippen molar-refractivity contribution in [1.82, 2.24) is 4.90 Å². The van der Waals surface area contributed by atoms with E-state index >= 15 is 0 Å². The molecular weight excluding hydrogens is 585 g/mol. The summed E-state index contributed by atoms with van der Waals surface area (Å²) in [6.45, 7) is -0.0607. The maximum Gasteiger partial charge on any atom is 0.323 e. The SMILES string of the molecule is O=C(O)CN1C(=O)C(=Cc2cccc(OC(C(=O)Nc3ccc(OCc4ccccc4)cc3)c3ccccc3)c2)SC1=S. The third-order valence-corrected chi connectivity index (χ3v) is 7.67. The minimum absolute atomic E-state index is 0.183. The minimum Gasteiger partial charge on any atom is -0.489 e. The van der Waals surface area contributed by atoms with Crippen LogP contribution in [0.25, 0.3) is 6.08 Å². The molecule has 0 aromatic heterocycles. The van der Waals surface area contributed by atoms with E-state index in [-0.39, 0.29) is 10.2 Å². The van der Waals surface area contributed by atoms with E-state index in [4.69, 9.17) is 26.8 Å². The molecule has 0 bridgehead atoms. The monoisotopic (exact) mass is 610 g/mol. The van der Waals surface area contributed by atoms with Crippen LogP contribution in [0.15, 0.2) is 114 Å². The van der Waals surface area contributed by atoms with Gasteiger partial charge in [-0.1, -0.05) is 96.8 Å². The zero-order chi connectivity index (χ0) is 30.2. The lowest BCUT2D eigenvalue weighted by atomic mass is 10.1. The second-order valence-electron chi connectivity index (χ2n) is 9.43. The fourth-order valence-corrected chi connectivity index (χ4v) is 5.48. The van der Waals surface area contributed by atoms with Gasteiger partial charge in [0.15, 0.2) is 0 Å². The Morgan fingerprint density at radius 2 is 1.60 bits per heavy atom. The summed E-state index contributed by atoms with van der Waals surface area (Å²) in [7, 11) is 0. The Kier molecular flexibility index (Phi) is 9.50. The quantitative estimate of drug-likeness (QED) is 0.150. The molecule has 0 radical (unpaired) electrons. The molecule has 8 nitrogen and oxygen atoms in total. The number of thiocarbonyl (C=S) groups is 1. The summed E-state index contributed by atoms with van der Waals surface area (Å²) in [5, 5.41) is 12.0. The first-order valence-corrected chi connectivity index (χ1v) is 14.4. The Morgan fingerprint density at radius 3 is 2.30 bits per heavy atom. The molecule has 4 aromatic carbocycles. The minimum atomic E-state index is -1.15. The van der Waals surface area contributed by atoms with E-state index in [1.807, 2.05) is 60.7 Å². The van der Waals surface area contributed by atoms with Gasteiger partial charge < -0.3 is 19.9 Å². The van der Waals surface area contributed by atoms with Crippen molar-refractivity contribution >= 4 is 57.8 Å². The molecule has 0 spiro atoms. The number of amides is 2. The van der Waals surface area contributed by atoms with Gasteiger partial charge in [0.1, 0.15) is 29.0 Å². The maximum atomic E-state index is 13.5. The van der Waals surface area contributed by atoms with Crippen LogP contribution in [0.5, 0.6) is 11.5 Å². The molecule has 1 atom stereocenters. The lowest BCUT2D eigenvalue weighted by molar-refractivity contribution is -0.140. The van der Waals surface area contributed by atoms with E-state index in [9.17, 15) is 14.4 Å². The molecule has 1 aliphatic rings. The number of carboxylic acids is 1. The van der Waals surface area contributed by atoms with E-state index in [0.717, 1.165) is 22.2 Å². The Morgan fingerprint density at radius 1 is 0.907 bits per heavy atom. The van der Waals surface area contributed by atoms with Crippen LogP contribution in [0.1, 0.15) is 22.8 Å². The molecule has 216 valence electrons. The first-order chi connectivity index (χ1) is 20.9. The molecule has 1 unspecified atom stereocenters. The number of hydrogen-bond acceptors (Lipinski definition) is 7. The van der Waals surface area contributed by atoms with Gasteiger partial charge in [0, 0.05) is 11.3 Å². The molecule has 43 heavy (non-hydrogen) atoms. The molecular formula is C33H26N2O6S2. The zero-order valence-electron chi connectivity index (χ0n) is 22.7. The second-order valence-corrected chi connectivity index (χ2v) is 11.1. The van der Waals surface area contributed by atoms with Crippen LogP contribution >= 0.6 is 24.0 Å². The van der Waals surface area contributed by atoms with Gasteiger partial charge in [0.2, 0.25) is 6.10 Å². The van der Waals surface area contributed by atoms with Crippen molar-refractivity contribution in [1.29, 1.82) is 0 Å². The van der Waals surface area contributed by atoms with Crippen molar-refractivity contribution in [3.63, 3.8) is 0 Å². The number of aliphatic carboxylic acids is 1. The van der Waals surface area contributed by atoms with Gasteiger partial charge in [-0.05, 0) is 53.6 Å². The van der Waals surface area contributed by atoms with E-state index in [2.05, 4.69) is 5.32 Å². The highest BCUT2D eigenvalue weighted by atomic mass is 32.2. The van der Waals surface area contributed by atoms with E-state index in [0.29, 0.717) is 39.8 Å². The lowest BCUT2D eigenvalue weighted by Gasteiger charge is -2.20. The van der Waals surface area contributed by atoms with Gasteiger partial charge in [-0.3, -0.25) is 19.3 Å². The Labute approximate surface area is 257 Å². The van der Waals surface area contributed by atoms with Crippen LogP contribution in [-0.2, 0) is 21.0 Å². The summed E-state index contributed by atoms with van der Waals surface area (Å²) in [5.74, 6) is -0.908. The number of benzene rings is 4.